The molecular weight excluding hydrogens is 499 g/mol. The third kappa shape index (κ3) is 4.03. The Hall–Kier alpha value is -3.39. The van der Waals surface area contributed by atoms with Crippen LogP contribution in [0.5, 0.6) is 5.75 Å². The molecule has 0 aliphatic heterocycles. The predicted octanol–water partition coefficient (Wildman–Crippen LogP) is 6.33. The Bertz CT molecular complexity index is 1530. The summed E-state index contributed by atoms with van der Waals surface area (Å²) in [5.41, 5.74) is 2.35. The smallest absolute Gasteiger partial charge is 0.299 e. The van der Waals surface area contributed by atoms with Crippen LogP contribution in [0.4, 0.5) is 0 Å². The van der Waals surface area contributed by atoms with E-state index in [2.05, 4.69) is 15.1 Å². The minimum Gasteiger partial charge on any atom is -0.497 e. The number of pyridine rings is 1. The topological polar surface area (TPSA) is 83.0 Å². The fraction of sp³-hybridized carbons (Fsp3) is 0.0833. The molecule has 0 amide bonds. The van der Waals surface area contributed by atoms with Crippen molar-refractivity contribution in [3.8, 4) is 17.1 Å². The maximum absolute atomic E-state index is 13.5. The Balaban J connectivity index is 1.62. The third-order valence-corrected chi connectivity index (χ3v) is 6.30. The van der Waals surface area contributed by atoms with Crippen molar-refractivity contribution in [3.05, 3.63) is 93.1 Å². The lowest BCUT2D eigenvalue weighted by molar-refractivity contribution is 0.0995. The summed E-state index contributed by atoms with van der Waals surface area (Å²) >= 11 is 19.2. The van der Waals surface area contributed by atoms with Crippen LogP contribution in [0.3, 0.4) is 0 Å². The summed E-state index contributed by atoms with van der Waals surface area (Å²) in [7, 11) is 1.55. The highest BCUT2D eigenvalue weighted by Crippen LogP contribution is 2.36. The molecule has 7 nitrogen and oxygen atoms in total. The first-order chi connectivity index (χ1) is 16.5. The van der Waals surface area contributed by atoms with Crippen molar-refractivity contribution in [2.24, 2.45) is 0 Å². The predicted molar refractivity (Wildman–Crippen MR) is 130 cm³/mol. The lowest BCUT2D eigenvalue weighted by atomic mass is 10.1. The summed E-state index contributed by atoms with van der Waals surface area (Å²) in [4.78, 5) is 21.8. The van der Waals surface area contributed by atoms with E-state index in [1.165, 1.54) is 0 Å². The van der Waals surface area contributed by atoms with E-state index < -0.39 is 5.78 Å². The van der Waals surface area contributed by atoms with Crippen LogP contribution >= 0.6 is 34.8 Å². The zero-order valence-electron chi connectivity index (χ0n) is 17.6. The zero-order valence-corrected chi connectivity index (χ0v) is 19.9. The van der Waals surface area contributed by atoms with Crippen molar-refractivity contribution >= 4 is 51.5 Å². The first-order valence-corrected chi connectivity index (χ1v) is 11.2. The summed E-state index contributed by atoms with van der Waals surface area (Å²) in [5, 5.41) is 5.73. The molecule has 0 radical (unpaired) electrons. The number of aromatic nitrogens is 4. The van der Waals surface area contributed by atoms with Crippen molar-refractivity contribution in [3.63, 3.8) is 0 Å². The first kappa shape index (κ1) is 22.4. The van der Waals surface area contributed by atoms with Gasteiger partial charge in [0.25, 0.3) is 11.7 Å². The Kier molecular flexibility index (Phi) is 6.00. The summed E-state index contributed by atoms with van der Waals surface area (Å²) in [5.74, 6) is 0.127. The molecule has 0 aliphatic rings. The lowest BCUT2D eigenvalue weighted by Gasteiger charge is -2.10. The van der Waals surface area contributed by atoms with Crippen LogP contribution in [-0.4, -0.2) is 32.6 Å². The molecule has 0 fully saturated rings. The van der Waals surface area contributed by atoms with Crippen LogP contribution in [0.2, 0.25) is 15.2 Å². The number of ether oxygens (including phenoxy) is 1. The number of nitrogens with zero attached hydrogens (tertiary/aromatic N) is 4. The van der Waals surface area contributed by atoms with Gasteiger partial charge in [-0.2, -0.15) is 4.98 Å². The molecule has 170 valence electrons. The molecule has 3 heterocycles. The second-order valence-electron chi connectivity index (χ2n) is 7.36. The molecule has 34 heavy (non-hydrogen) atoms. The number of ketones is 1. The molecule has 0 saturated carbocycles. The van der Waals surface area contributed by atoms with E-state index in [1.54, 1.807) is 60.5 Å². The molecule has 5 rings (SSSR count). The first-order valence-electron chi connectivity index (χ1n) is 10.0. The molecule has 0 unspecified atom stereocenters. The minimum atomic E-state index is -0.508. The van der Waals surface area contributed by atoms with E-state index in [4.69, 9.17) is 44.1 Å². The number of rotatable bonds is 6. The van der Waals surface area contributed by atoms with Crippen LogP contribution in [-0.2, 0) is 6.54 Å². The van der Waals surface area contributed by atoms with E-state index in [-0.39, 0.29) is 22.4 Å². The van der Waals surface area contributed by atoms with Gasteiger partial charge in [0.1, 0.15) is 10.9 Å². The molecule has 0 saturated heterocycles. The number of carbonyl (C=O) groups excluding carboxylic acids is 1. The van der Waals surface area contributed by atoms with Gasteiger partial charge in [-0.1, -0.05) is 46.0 Å². The molecule has 3 aromatic heterocycles. The van der Waals surface area contributed by atoms with Gasteiger partial charge in [-0.3, -0.25) is 9.78 Å². The quantitative estimate of drug-likeness (QED) is 0.247. The van der Waals surface area contributed by atoms with Gasteiger partial charge in [0.2, 0.25) is 5.82 Å². The third-order valence-electron chi connectivity index (χ3n) is 5.32. The Morgan fingerprint density at radius 1 is 1.12 bits per heavy atom. The second kappa shape index (κ2) is 9.10. The van der Waals surface area contributed by atoms with Gasteiger partial charge in [-0.25, -0.2) is 0 Å². The second-order valence-corrected chi connectivity index (χ2v) is 8.57. The molecule has 0 spiro atoms. The summed E-state index contributed by atoms with van der Waals surface area (Å²) < 4.78 is 12.4. The van der Waals surface area contributed by atoms with Crippen molar-refractivity contribution < 1.29 is 14.1 Å². The van der Waals surface area contributed by atoms with Crippen LogP contribution in [0, 0.1) is 0 Å². The maximum atomic E-state index is 13.5. The number of hydrogen-bond donors (Lipinski definition) is 0. The van der Waals surface area contributed by atoms with E-state index in [9.17, 15) is 4.79 Å². The van der Waals surface area contributed by atoms with E-state index in [1.807, 2.05) is 12.1 Å². The SMILES string of the molecule is COc1ccc2c(c1)c(C(=O)c1nc(-c3cccnc3)no1)c(Cl)n2Cc1ccc(Cl)cc1Cl. The Labute approximate surface area is 208 Å². The minimum absolute atomic E-state index is 0.188. The maximum Gasteiger partial charge on any atom is 0.299 e. The molecule has 0 N–H and O–H groups in total. The molecule has 0 atom stereocenters. The number of benzene rings is 2. The number of fused-ring (bicyclic) bond motifs is 1. The van der Waals surface area contributed by atoms with Crippen LogP contribution < -0.4 is 4.74 Å². The van der Waals surface area contributed by atoms with Gasteiger partial charge in [0.15, 0.2) is 0 Å². The van der Waals surface area contributed by atoms with Crippen molar-refractivity contribution in [2.45, 2.75) is 6.54 Å². The highest BCUT2D eigenvalue weighted by molar-refractivity contribution is 6.37. The number of halogens is 3. The monoisotopic (exact) mass is 512 g/mol. The van der Waals surface area contributed by atoms with E-state index >= 15 is 0 Å². The van der Waals surface area contributed by atoms with Crippen molar-refractivity contribution in [1.29, 1.82) is 0 Å². The highest BCUT2D eigenvalue weighted by Gasteiger charge is 2.27. The van der Waals surface area contributed by atoms with Gasteiger partial charge in [0.05, 0.1) is 24.7 Å². The van der Waals surface area contributed by atoms with Crippen molar-refractivity contribution in [2.75, 3.05) is 7.11 Å². The number of methoxy groups -OCH3 is 1. The fourth-order valence-electron chi connectivity index (χ4n) is 3.66. The molecule has 5 aromatic rings. The highest BCUT2D eigenvalue weighted by atomic mass is 35.5. The normalized spacial score (nSPS) is 11.2. The Morgan fingerprint density at radius 3 is 2.71 bits per heavy atom. The average Bonchev–Trinajstić information content (AvgIpc) is 3.44. The molecular formula is C24H15Cl3N4O3. The van der Waals surface area contributed by atoms with Gasteiger partial charge in [-0.05, 0) is 48.0 Å². The van der Waals surface area contributed by atoms with Crippen molar-refractivity contribution in [1.82, 2.24) is 19.7 Å². The molecule has 0 bridgehead atoms. The zero-order chi connectivity index (χ0) is 23.8. The van der Waals surface area contributed by atoms with E-state index in [0.29, 0.717) is 38.8 Å². The number of carbonyl (C=O) groups is 1. The van der Waals surface area contributed by atoms with E-state index in [0.717, 1.165) is 5.56 Å². The van der Waals surface area contributed by atoms with Gasteiger partial charge < -0.3 is 13.8 Å². The molecule has 0 aliphatic carbocycles. The van der Waals surface area contributed by atoms with Gasteiger partial charge in [-0.15, -0.1) is 0 Å². The Morgan fingerprint density at radius 2 is 1.97 bits per heavy atom. The van der Waals surface area contributed by atoms with Gasteiger partial charge >= 0.3 is 0 Å². The lowest BCUT2D eigenvalue weighted by Crippen LogP contribution is -2.04. The summed E-state index contributed by atoms with van der Waals surface area (Å²) in [6.45, 7) is 0.315. The fourth-order valence-corrected chi connectivity index (χ4v) is 4.46. The van der Waals surface area contributed by atoms with Crippen LogP contribution in [0.25, 0.3) is 22.3 Å². The van der Waals surface area contributed by atoms with Gasteiger partial charge in [0, 0.05) is 33.4 Å². The summed E-state index contributed by atoms with van der Waals surface area (Å²) in [6, 6.07) is 14.1. The molecule has 10 heteroatoms. The molecule has 2 aromatic carbocycles. The summed E-state index contributed by atoms with van der Waals surface area (Å²) in [6.07, 6.45) is 3.21. The van der Waals surface area contributed by atoms with Crippen LogP contribution in [0.1, 0.15) is 21.8 Å². The largest absolute Gasteiger partial charge is 0.497 e. The standard InChI is InChI=1S/C24H15Cl3N4O3/c1-33-16-6-7-19-17(10-16)20(22(27)31(19)12-14-4-5-15(25)9-18(14)26)21(32)24-29-23(30-34-24)13-3-2-8-28-11-13/h2-11H,12H2,1H3. The van der Waals surface area contributed by atoms with Crippen LogP contribution in [0.15, 0.2) is 65.4 Å². The number of hydrogen-bond acceptors (Lipinski definition) is 6. The average molecular weight is 514 g/mol.